The van der Waals surface area contributed by atoms with Gasteiger partial charge in [0.25, 0.3) is 0 Å². The van der Waals surface area contributed by atoms with Crippen molar-refractivity contribution in [2.45, 2.75) is 19.9 Å². The molecule has 1 aliphatic rings. The van der Waals surface area contributed by atoms with E-state index in [2.05, 4.69) is 42.0 Å². The summed E-state index contributed by atoms with van der Waals surface area (Å²) in [7, 11) is 0. The largest absolute Gasteiger partial charge is 0.475 e. The molecule has 0 radical (unpaired) electrons. The third kappa shape index (κ3) is 1.71. The zero-order valence-corrected chi connectivity index (χ0v) is 10.1. The van der Waals surface area contributed by atoms with Crippen LogP contribution in [0.4, 0.5) is 0 Å². The average Bonchev–Trinajstić information content (AvgIpc) is 2.97. The van der Waals surface area contributed by atoms with Crippen LogP contribution in [-0.4, -0.2) is 23.5 Å². The Morgan fingerprint density at radius 1 is 1.35 bits per heavy atom. The number of nitrogens with zero attached hydrogens (tertiary/aromatic N) is 1. The molecule has 3 rings (SSSR count). The molecule has 0 bridgehead atoms. The van der Waals surface area contributed by atoms with E-state index in [0.717, 1.165) is 17.0 Å². The molecule has 1 aliphatic heterocycles. The van der Waals surface area contributed by atoms with E-state index in [4.69, 9.17) is 4.74 Å². The molecule has 0 saturated carbocycles. The van der Waals surface area contributed by atoms with Gasteiger partial charge >= 0.3 is 0 Å². The molecule has 3 heteroatoms. The fraction of sp³-hybridized carbons (Fsp3) is 0.357. The number of hydrogen-bond donors (Lipinski definition) is 1. The van der Waals surface area contributed by atoms with Gasteiger partial charge in [0.2, 0.25) is 5.90 Å². The lowest BCUT2D eigenvalue weighted by atomic mass is 10.1. The Kier molecular flexibility index (Phi) is 2.39. The molecule has 17 heavy (non-hydrogen) atoms. The maximum atomic E-state index is 5.73. The Morgan fingerprint density at radius 3 is 3.00 bits per heavy atom. The van der Waals surface area contributed by atoms with Crippen molar-refractivity contribution in [1.82, 2.24) is 4.98 Å². The summed E-state index contributed by atoms with van der Waals surface area (Å²) in [6.07, 6.45) is 1.95. The highest BCUT2D eigenvalue weighted by molar-refractivity contribution is 6.06. The van der Waals surface area contributed by atoms with Crippen molar-refractivity contribution in [3.63, 3.8) is 0 Å². The van der Waals surface area contributed by atoms with E-state index >= 15 is 0 Å². The average molecular weight is 228 g/mol. The van der Waals surface area contributed by atoms with Gasteiger partial charge in [-0.1, -0.05) is 19.9 Å². The Balaban J connectivity index is 2.05. The van der Waals surface area contributed by atoms with Gasteiger partial charge in [-0.25, -0.2) is 4.99 Å². The minimum atomic E-state index is 0.291. The maximum Gasteiger partial charge on any atom is 0.217 e. The first-order valence-electron chi connectivity index (χ1n) is 6.03. The van der Waals surface area contributed by atoms with Gasteiger partial charge < -0.3 is 9.72 Å². The number of aromatic nitrogens is 1. The van der Waals surface area contributed by atoms with Crippen LogP contribution in [0.3, 0.4) is 0 Å². The van der Waals surface area contributed by atoms with Gasteiger partial charge in [0.05, 0.1) is 6.04 Å². The number of fused-ring (bicyclic) bond motifs is 1. The van der Waals surface area contributed by atoms with E-state index in [9.17, 15) is 0 Å². The van der Waals surface area contributed by atoms with E-state index in [1.54, 1.807) is 0 Å². The Hall–Kier alpha value is -1.77. The van der Waals surface area contributed by atoms with Gasteiger partial charge in [-0.3, -0.25) is 0 Å². The minimum absolute atomic E-state index is 0.291. The zero-order valence-electron chi connectivity index (χ0n) is 10.1. The number of aliphatic imine (C=N–C) groups is 1. The summed E-state index contributed by atoms with van der Waals surface area (Å²) >= 11 is 0. The second-order valence-corrected chi connectivity index (χ2v) is 4.80. The highest BCUT2D eigenvalue weighted by atomic mass is 16.5. The summed E-state index contributed by atoms with van der Waals surface area (Å²) in [6, 6.07) is 8.52. The van der Waals surface area contributed by atoms with Crippen LogP contribution in [0.15, 0.2) is 35.5 Å². The van der Waals surface area contributed by atoms with Crippen molar-refractivity contribution in [3.8, 4) is 0 Å². The molecule has 1 aromatic heterocycles. The molecule has 0 saturated heterocycles. The SMILES string of the molecule is CC(C)[C@H]1COC(c2cccc3[nH]ccc23)=N1. The minimum Gasteiger partial charge on any atom is -0.475 e. The summed E-state index contributed by atoms with van der Waals surface area (Å²) in [4.78, 5) is 7.87. The van der Waals surface area contributed by atoms with Crippen LogP contribution in [-0.2, 0) is 4.74 Å². The molecule has 0 unspecified atom stereocenters. The third-order valence-corrected chi connectivity index (χ3v) is 3.27. The van der Waals surface area contributed by atoms with Crippen molar-refractivity contribution in [2.24, 2.45) is 10.9 Å². The molecular weight excluding hydrogens is 212 g/mol. The fourth-order valence-electron chi connectivity index (χ4n) is 2.15. The van der Waals surface area contributed by atoms with E-state index in [-0.39, 0.29) is 0 Å². The molecule has 1 N–H and O–H groups in total. The smallest absolute Gasteiger partial charge is 0.217 e. The van der Waals surface area contributed by atoms with Gasteiger partial charge in [0.1, 0.15) is 6.61 Å². The first-order valence-corrected chi connectivity index (χ1v) is 6.03. The predicted octanol–water partition coefficient (Wildman–Crippen LogP) is 2.97. The van der Waals surface area contributed by atoms with Crippen molar-refractivity contribution in [2.75, 3.05) is 6.61 Å². The predicted molar refractivity (Wildman–Crippen MR) is 69.4 cm³/mol. The van der Waals surface area contributed by atoms with Gasteiger partial charge in [0, 0.05) is 22.7 Å². The molecule has 1 atom stereocenters. The molecule has 0 amide bonds. The topological polar surface area (TPSA) is 37.4 Å². The number of hydrogen-bond acceptors (Lipinski definition) is 2. The Bertz CT molecular complexity index is 568. The van der Waals surface area contributed by atoms with Crippen molar-refractivity contribution in [3.05, 3.63) is 36.0 Å². The van der Waals surface area contributed by atoms with Crippen LogP contribution in [0.2, 0.25) is 0 Å². The number of H-pyrrole nitrogens is 1. The van der Waals surface area contributed by atoms with Crippen LogP contribution in [0.25, 0.3) is 10.9 Å². The lowest BCUT2D eigenvalue weighted by Crippen LogP contribution is -2.13. The molecule has 0 fully saturated rings. The third-order valence-electron chi connectivity index (χ3n) is 3.27. The quantitative estimate of drug-likeness (QED) is 0.843. The standard InChI is InChI=1S/C14H16N2O/c1-9(2)13-8-17-14(16-13)11-4-3-5-12-10(11)6-7-15-12/h3-7,9,13,15H,8H2,1-2H3/t13-/m1/s1. The molecule has 2 heterocycles. The van der Waals surface area contributed by atoms with E-state index in [0.29, 0.717) is 18.6 Å². The van der Waals surface area contributed by atoms with Crippen molar-refractivity contribution in [1.29, 1.82) is 0 Å². The van der Waals surface area contributed by atoms with Crippen LogP contribution >= 0.6 is 0 Å². The lowest BCUT2D eigenvalue weighted by Gasteiger charge is -2.06. The molecule has 2 aromatic rings. The highest BCUT2D eigenvalue weighted by Gasteiger charge is 2.23. The first-order chi connectivity index (χ1) is 8.25. The summed E-state index contributed by atoms with van der Waals surface area (Å²) in [6.45, 7) is 5.06. The Labute approximate surface area is 101 Å². The van der Waals surface area contributed by atoms with Crippen molar-refractivity contribution < 1.29 is 4.74 Å². The molecule has 3 nitrogen and oxygen atoms in total. The van der Waals surface area contributed by atoms with Crippen LogP contribution < -0.4 is 0 Å². The summed E-state index contributed by atoms with van der Waals surface area (Å²) in [5.41, 5.74) is 2.22. The number of nitrogens with one attached hydrogen (secondary N) is 1. The lowest BCUT2D eigenvalue weighted by molar-refractivity contribution is 0.292. The first kappa shape index (κ1) is 10.4. The van der Waals surface area contributed by atoms with Crippen LogP contribution in [0.5, 0.6) is 0 Å². The fourth-order valence-corrected chi connectivity index (χ4v) is 2.15. The van der Waals surface area contributed by atoms with E-state index < -0.39 is 0 Å². The number of benzene rings is 1. The van der Waals surface area contributed by atoms with Gasteiger partial charge in [-0.15, -0.1) is 0 Å². The number of ether oxygens (including phenoxy) is 1. The summed E-state index contributed by atoms with van der Waals surface area (Å²) in [5.74, 6) is 1.31. The molecule has 88 valence electrons. The highest BCUT2D eigenvalue weighted by Crippen LogP contribution is 2.23. The number of rotatable bonds is 2. The van der Waals surface area contributed by atoms with Gasteiger partial charge in [0.15, 0.2) is 0 Å². The maximum absolute atomic E-state index is 5.73. The molecule has 1 aromatic carbocycles. The zero-order chi connectivity index (χ0) is 11.8. The monoisotopic (exact) mass is 228 g/mol. The van der Waals surface area contributed by atoms with E-state index in [1.165, 1.54) is 5.39 Å². The molecular formula is C14H16N2O. The van der Waals surface area contributed by atoms with Crippen molar-refractivity contribution >= 4 is 16.8 Å². The van der Waals surface area contributed by atoms with Gasteiger partial charge in [-0.05, 0) is 24.1 Å². The van der Waals surface area contributed by atoms with Crippen LogP contribution in [0.1, 0.15) is 19.4 Å². The summed E-state index contributed by atoms with van der Waals surface area (Å²) < 4.78 is 5.73. The normalized spacial score (nSPS) is 19.7. The molecule has 0 spiro atoms. The van der Waals surface area contributed by atoms with Crippen LogP contribution in [0, 0.1) is 5.92 Å². The summed E-state index contributed by atoms with van der Waals surface area (Å²) in [5, 5.41) is 1.18. The molecule has 0 aliphatic carbocycles. The second-order valence-electron chi connectivity index (χ2n) is 4.80. The van der Waals surface area contributed by atoms with E-state index in [1.807, 2.05) is 12.3 Å². The Morgan fingerprint density at radius 2 is 2.24 bits per heavy atom. The number of aromatic amines is 1. The van der Waals surface area contributed by atoms with Gasteiger partial charge in [-0.2, -0.15) is 0 Å². The second kappa shape index (κ2) is 3.91.